The van der Waals surface area contributed by atoms with E-state index in [0.29, 0.717) is 10.7 Å². The van der Waals surface area contributed by atoms with Crippen molar-refractivity contribution in [3.05, 3.63) is 101 Å². The molecular formula is C24H23ClN2O3. The van der Waals surface area contributed by atoms with Gasteiger partial charge in [0.15, 0.2) is 0 Å². The fourth-order valence-electron chi connectivity index (χ4n) is 2.95. The van der Waals surface area contributed by atoms with Crippen molar-refractivity contribution in [1.29, 1.82) is 0 Å². The van der Waals surface area contributed by atoms with Gasteiger partial charge in [-0.15, -0.1) is 0 Å². The Morgan fingerprint density at radius 3 is 2.07 bits per heavy atom. The van der Waals surface area contributed by atoms with E-state index < -0.39 is 0 Å². The van der Waals surface area contributed by atoms with Gasteiger partial charge in [0.1, 0.15) is 12.7 Å². The molecule has 0 heterocycles. The molecule has 2 amide bonds. The van der Waals surface area contributed by atoms with Crippen LogP contribution in [-0.2, 0) is 14.3 Å². The molecule has 30 heavy (non-hydrogen) atoms. The highest BCUT2D eigenvalue weighted by molar-refractivity contribution is 6.33. The summed E-state index contributed by atoms with van der Waals surface area (Å²) in [5.41, 5.74) is 3.40. The third kappa shape index (κ3) is 6.17. The standard InChI is InChI=1S/C24H23ClN2O3/c1-17-12-13-21(20(25)14-17)27-22(28)15-26-23(29)16-30-24(18-8-4-2-5-9-18)19-10-6-3-7-11-19/h2-14,24H,15-16H2,1H3,(H,26,29)(H,27,28). The Hall–Kier alpha value is -3.15. The average molecular weight is 423 g/mol. The summed E-state index contributed by atoms with van der Waals surface area (Å²) < 4.78 is 5.89. The number of hydrogen-bond acceptors (Lipinski definition) is 3. The number of ether oxygens (including phenoxy) is 1. The van der Waals surface area contributed by atoms with Crippen molar-refractivity contribution in [2.45, 2.75) is 13.0 Å². The van der Waals surface area contributed by atoms with Gasteiger partial charge < -0.3 is 15.4 Å². The van der Waals surface area contributed by atoms with Gasteiger partial charge in [-0.2, -0.15) is 0 Å². The average Bonchev–Trinajstić information content (AvgIpc) is 2.76. The lowest BCUT2D eigenvalue weighted by atomic mass is 10.0. The SMILES string of the molecule is Cc1ccc(NC(=O)CNC(=O)COC(c2ccccc2)c2ccccc2)c(Cl)c1. The number of aryl methyl sites for hydroxylation is 1. The molecule has 0 radical (unpaired) electrons. The monoisotopic (exact) mass is 422 g/mol. The highest BCUT2D eigenvalue weighted by atomic mass is 35.5. The fourth-order valence-corrected chi connectivity index (χ4v) is 3.23. The topological polar surface area (TPSA) is 67.4 Å². The van der Waals surface area contributed by atoms with Gasteiger partial charge in [-0.25, -0.2) is 0 Å². The van der Waals surface area contributed by atoms with Crippen molar-refractivity contribution in [1.82, 2.24) is 5.32 Å². The van der Waals surface area contributed by atoms with E-state index in [1.54, 1.807) is 12.1 Å². The van der Waals surface area contributed by atoms with Crippen molar-refractivity contribution < 1.29 is 14.3 Å². The highest BCUT2D eigenvalue weighted by Crippen LogP contribution is 2.25. The van der Waals surface area contributed by atoms with Gasteiger partial charge in [0.05, 0.1) is 17.3 Å². The van der Waals surface area contributed by atoms with Crippen LogP contribution in [0.15, 0.2) is 78.9 Å². The zero-order valence-electron chi connectivity index (χ0n) is 16.6. The number of nitrogens with one attached hydrogen (secondary N) is 2. The van der Waals surface area contributed by atoms with E-state index in [0.717, 1.165) is 16.7 Å². The molecule has 2 N–H and O–H groups in total. The first-order valence-corrected chi connectivity index (χ1v) is 9.95. The zero-order valence-corrected chi connectivity index (χ0v) is 17.4. The molecule has 0 aliphatic carbocycles. The summed E-state index contributed by atoms with van der Waals surface area (Å²) in [6.45, 7) is 1.57. The Kier molecular flexibility index (Phi) is 7.60. The summed E-state index contributed by atoms with van der Waals surface area (Å²) in [7, 11) is 0. The molecule has 0 aliphatic heterocycles. The molecule has 0 fully saturated rings. The molecule has 0 unspecified atom stereocenters. The maximum Gasteiger partial charge on any atom is 0.246 e. The lowest BCUT2D eigenvalue weighted by molar-refractivity contribution is -0.129. The highest BCUT2D eigenvalue weighted by Gasteiger charge is 2.16. The lowest BCUT2D eigenvalue weighted by Gasteiger charge is -2.18. The normalized spacial score (nSPS) is 10.6. The molecule has 0 atom stereocenters. The minimum absolute atomic E-state index is 0.173. The number of anilines is 1. The Labute approximate surface area is 181 Å². The number of benzene rings is 3. The van der Waals surface area contributed by atoms with Crippen LogP contribution in [0.5, 0.6) is 0 Å². The van der Waals surface area contributed by atoms with Crippen molar-refractivity contribution in [3.63, 3.8) is 0 Å². The number of halogens is 1. The first kappa shape index (κ1) is 21.6. The molecule has 0 aromatic heterocycles. The van der Waals surface area contributed by atoms with Gasteiger partial charge in [0, 0.05) is 0 Å². The molecular weight excluding hydrogens is 400 g/mol. The predicted molar refractivity (Wildman–Crippen MR) is 119 cm³/mol. The summed E-state index contributed by atoms with van der Waals surface area (Å²) in [5.74, 6) is -0.742. The maximum absolute atomic E-state index is 12.2. The van der Waals surface area contributed by atoms with Crippen LogP contribution in [0.2, 0.25) is 5.02 Å². The third-order valence-corrected chi connectivity index (χ3v) is 4.74. The van der Waals surface area contributed by atoms with Gasteiger partial charge in [-0.05, 0) is 35.7 Å². The van der Waals surface area contributed by atoms with Crippen molar-refractivity contribution >= 4 is 29.1 Å². The maximum atomic E-state index is 12.2. The Balaban J connectivity index is 1.54. The molecule has 3 aromatic carbocycles. The van der Waals surface area contributed by atoms with Crippen LogP contribution >= 0.6 is 11.6 Å². The zero-order chi connectivity index (χ0) is 21.3. The first-order chi connectivity index (χ1) is 14.5. The van der Waals surface area contributed by atoms with Gasteiger partial charge in [0.2, 0.25) is 11.8 Å². The van der Waals surface area contributed by atoms with E-state index in [4.69, 9.17) is 16.3 Å². The summed E-state index contributed by atoms with van der Waals surface area (Å²) in [4.78, 5) is 24.3. The minimum atomic E-state index is -0.378. The second-order valence-corrected chi connectivity index (χ2v) is 7.23. The van der Waals surface area contributed by atoms with Crippen molar-refractivity contribution in [3.8, 4) is 0 Å². The number of rotatable bonds is 8. The van der Waals surface area contributed by atoms with Crippen LogP contribution in [0.4, 0.5) is 5.69 Å². The first-order valence-electron chi connectivity index (χ1n) is 9.57. The van der Waals surface area contributed by atoms with Crippen LogP contribution in [0.25, 0.3) is 0 Å². The Morgan fingerprint density at radius 2 is 1.50 bits per heavy atom. The Morgan fingerprint density at radius 1 is 0.900 bits per heavy atom. The molecule has 154 valence electrons. The summed E-state index contributed by atoms with van der Waals surface area (Å²) in [6, 6.07) is 24.7. The van der Waals surface area contributed by atoms with Gasteiger partial charge in [-0.1, -0.05) is 78.3 Å². The quantitative estimate of drug-likeness (QED) is 0.561. The molecule has 3 rings (SSSR count). The molecule has 5 nitrogen and oxygen atoms in total. The fraction of sp³-hybridized carbons (Fsp3) is 0.167. The molecule has 3 aromatic rings. The largest absolute Gasteiger partial charge is 0.359 e. The second kappa shape index (κ2) is 10.6. The molecule has 0 spiro atoms. The summed E-state index contributed by atoms with van der Waals surface area (Å²) in [5, 5.41) is 5.71. The minimum Gasteiger partial charge on any atom is -0.359 e. The summed E-state index contributed by atoms with van der Waals surface area (Å²) in [6.07, 6.45) is -0.377. The van der Waals surface area contributed by atoms with E-state index in [1.165, 1.54) is 0 Å². The van der Waals surface area contributed by atoms with E-state index >= 15 is 0 Å². The van der Waals surface area contributed by atoms with Crippen molar-refractivity contribution in [2.75, 3.05) is 18.5 Å². The molecule has 0 bridgehead atoms. The molecule has 6 heteroatoms. The molecule has 0 saturated heterocycles. The number of hydrogen-bond donors (Lipinski definition) is 2. The van der Waals surface area contributed by atoms with E-state index in [2.05, 4.69) is 10.6 Å². The van der Waals surface area contributed by atoms with E-state index in [-0.39, 0.29) is 31.1 Å². The Bertz CT molecular complexity index is 954. The molecule has 0 aliphatic rings. The van der Waals surface area contributed by atoms with Gasteiger partial charge >= 0.3 is 0 Å². The third-order valence-electron chi connectivity index (χ3n) is 4.43. The van der Waals surface area contributed by atoms with Crippen LogP contribution < -0.4 is 10.6 Å². The molecule has 0 saturated carbocycles. The van der Waals surface area contributed by atoms with Crippen LogP contribution in [0.3, 0.4) is 0 Å². The van der Waals surface area contributed by atoms with Crippen LogP contribution in [-0.4, -0.2) is 25.0 Å². The number of amides is 2. The van der Waals surface area contributed by atoms with Gasteiger partial charge in [-0.3, -0.25) is 9.59 Å². The van der Waals surface area contributed by atoms with Crippen LogP contribution in [0.1, 0.15) is 22.8 Å². The van der Waals surface area contributed by atoms with Crippen molar-refractivity contribution in [2.24, 2.45) is 0 Å². The predicted octanol–water partition coefficient (Wildman–Crippen LogP) is 4.51. The lowest BCUT2D eigenvalue weighted by Crippen LogP contribution is -2.35. The van der Waals surface area contributed by atoms with E-state index in [9.17, 15) is 9.59 Å². The van der Waals surface area contributed by atoms with Gasteiger partial charge in [0.25, 0.3) is 0 Å². The second-order valence-electron chi connectivity index (χ2n) is 6.82. The van der Waals surface area contributed by atoms with E-state index in [1.807, 2.05) is 73.7 Å². The number of carbonyl (C=O) groups is 2. The smallest absolute Gasteiger partial charge is 0.246 e. The van der Waals surface area contributed by atoms with Crippen LogP contribution in [0, 0.1) is 6.92 Å². The summed E-state index contributed by atoms with van der Waals surface area (Å²) >= 11 is 6.12. The number of carbonyl (C=O) groups excluding carboxylic acids is 2.